The van der Waals surface area contributed by atoms with Gasteiger partial charge in [-0.05, 0) is 61.1 Å². The minimum atomic E-state index is -4.00. The summed E-state index contributed by atoms with van der Waals surface area (Å²) >= 11 is 0. The maximum atomic E-state index is 13.6. The zero-order valence-electron chi connectivity index (χ0n) is 15.8. The van der Waals surface area contributed by atoms with Crippen molar-refractivity contribution >= 4 is 15.8 Å². The average molecular weight is 404 g/mol. The quantitative estimate of drug-likeness (QED) is 0.748. The highest BCUT2D eigenvalue weighted by molar-refractivity contribution is 7.96. The Morgan fingerprint density at radius 2 is 1.82 bits per heavy atom. The zero-order chi connectivity index (χ0) is 21.1. The van der Waals surface area contributed by atoms with Gasteiger partial charge in [-0.3, -0.25) is 4.79 Å². The van der Waals surface area contributed by atoms with Crippen LogP contribution in [-0.4, -0.2) is 36.5 Å². The first-order chi connectivity index (χ1) is 13.0. The van der Waals surface area contributed by atoms with Gasteiger partial charge in [0.1, 0.15) is 5.82 Å². The van der Waals surface area contributed by atoms with Crippen LogP contribution in [0.25, 0.3) is 11.1 Å². The lowest BCUT2D eigenvalue weighted by Crippen LogP contribution is -2.22. The molecule has 0 unspecified atom stereocenters. The van der Waals surface area contributed by atoms with Crippen molar-refractivity contribution in [1.29, 1.82) is 0 Å². The molecule has 0 spiro atoms. The molecule has 0 aliphatic rings. The van der Waals surface area contributed by atoms with E-state index < -0.39 is 34.1 Å². The SMILES string of the molecule is Cc1cc(C)c(C#CS(=O)(=O)C[C@@H](O)CC(=O)O)c(-c2ccc(F)c(C)c2)c1. The summed E-state index contributed by atoms with van der Waals surface area (Å²) in [6.45, 7) is 5.33. The Kier molecular flexibility index (Phi) is 6.60. The first kappa shape index (κ1) is 21.6. The van der Waals surface area contributed by atoms with E-state index in [1.165, 1.54) is 6.07 Å². The van der Waals surface area contributed by atoms with Crippen molar-refractivity contribution in [2.45, 2.75) is 33.3 Å². The van der Waals surface area contributed by atoms with E-state index >= 15 is 0 Å². The predicted molar refractivity (Wildman–Crippen MR) is 105 cm³/mol. The summed E-state index contributed by atoms with van der Waals surface area (Å²) in [5.41, 5.74) is 4.02. The van der Waals surface area contributed by atoms with Crippen LogP contribution in [-0.2, 0) is 14.6 Å². The lowest BCUT2D eigenvalue weighted by atomic mass is 9.93. The Hall–Kier alpha value is -2.69. The van der Waals surface area contributed by atoms with Crippen LogP contribution in [0.15, 0.2) is 30.3 Å². The Morgan fingerprint density at radius 3 is 2.43 bits per heavy atom. The van der Waals surface area contributed by atoms with Gasteiger partial charge < -0.3 is 10.2 Å². The molecule has 2 N–H and O–H groups in total. The largest absolute Gasteiger partial charge is 0.481 e. The van der Waals surface area contributed by atoms with E-state index in [0.29, 0.717) is 22.3 Å². The highest BCUT2D eigenvalue weighted by Crippen LogP contribution is 2.28. The number of carboxylic acids is 1. The molecule has 1 atom stereocenters. The minimum absolute atomic E-state index is 0.337. The lowest BCUT2D eigenvalue weighted by molar-refractivity contribution is -0.138. The maximum absolute atomic E-state index is 13.6. The van der Waals surface area contributed by atoms with Crippen LogP contribution >= 0.6 is 0 Å². The van der Waals surface area contributed by atoms with Gasteiger partial charge >= 0.3 is 5.97 Å². The van der Waals surface area contributed by atoms with E-state index in [2.05, 4.69) is 11.2 Å². The van der Waals surface area contributed by atoms with E-state index in [4.69, 9.17) is 5.11 Å². The van der Waals surface area contributed by atoms with Gasteiger partial charge in [0.15, 0.2) is 0 Å². The van der Waals surface area contributed by atoms with E-state index in [-0.39, 0.29) is 5.82 Å². The number of aryl methyl sites for hydroxylation is 3. The number of carboxylic acid groups (broad SMARTS) is 1. The molecule has 28 heavy (non-hydrogen) atoms. The van der Waals surface area contributed by atoms with Crippen LogP contribution in [0, 0.1) is 37.8 Å². The Balaban J connectivity index is 2.48. The van der Waals surface area contributed by atoms with Gasteiger partial charge in [0.05, 0.1) is 18.3 Å². The minimum Gasteiger partial charge on any atom is -0.481 e. The second-order valence-corrected chi connectivity index (χ2v) is 8.50. The Labute approximate surface area is 163 Å². The molecule has 0 aliphatic carbocycles. The molecule has 0 saturated heterocycles. The average Bonchev–Trinajstić information content (AvgIpc) is 2.54. The zero-order valence-corrected chi connectivity index (χ0v) is 16.6. The van der Waals surface area contributed by atoms with Crippen molar-refractivity contribution in [2.75, 3.05) is 5.75 Å². The van der Waals surface area contributed by atoms with Gasteiger partial charge in [-0.25, -0.2) is 12.8 Å². The van der Waals surface area contributed by atoms with Crippen LogP contribution in [0.3, 0.4) is 0 Å². The van der Waals surface area contributed by atoms with Crippen molar-refractivity contribution in [3.8, 4) is 22.3 Å². The second-order valence-electron chi connectivity index (χ2n) is 6.73. The third-order valence-corrected chi connectivity index (χ3v) is 5.34. The second kappa shape index (κ2) is 8.55. The van der Waals surface area contributed by atoms with Gasteiger partial charge in [-0.15, -0.1) is 0 Å². The molecule has 0 saturated carbocycles. The number of aliphatic hydroxyl groups excluding tert-OH is 1. The topological polar surface area (TPSA) is 91.7 Å². The van der Waals surface area contributed by atoms with Crippen LogP contribution < -0.4 is 0 Å². The molecule has 148 valence electrons. The first-order valence-electron chi connectivity index (χ1n) is 8.51. The molecule has 0 heterocycles. The van der Waals surface area contributed by atoms with Gasteiger partial charge in [-0.2, -0.15) is 0 Å². The number of rotatable bonds is 5. The van der Waals surface area contributed by atoms with Crippen molar-refractivity contribution < 1.29 is 27.8 Å². The molecular formula is C21H21FO5S. The normalized spacial score (nSPS) is 12.2. The summed E-state index contributed by atoms with van der Waals surface area (Å²) in [4.78, 5) is 10.6. The molecule has 0 amide bonds. The molecule has 5 nitrogen and oxygen atoms in total. The van der Waals surface area contributed by atoms with Crippen LogP contribution in [0.4, 0.5) is 4.39 Å². The highest BCUT2D eigenvalue weighted by atomic mass is 32.2. The monoisotopic (exact) mass is 404 g/mol. The van der Waals surface area contributed by atoms with E-state index in [1.54, 1.807) is 26.0 Å². The van der Waals surface area contributed by atoms with Gasteiger partial charge in [-0.1, -0.05) is 23.8 Å². The van der Waals surface area contributed by atoms with Crippen molar-refractivity contribution in [3.63, 3.8) is 0 Å². The fourth-order valence-corrected chi connectivity index (χ4v) is 3.82. The first-order valence-corrected chi connectivity index (χ1v) is 10.2. The molecule has 0 fully saturated rings. The number of hydrogen-bond acceptors (Lipinski definition) is 4. The van der Waals surface area contributed by atoms with Crippen molar-refractivity contribution in [1.82, 2.24) is 0 Å². The fraction of sp³-hybridized carbons (Fsp3) is 0.286. The molecule has 0 bridgehead atoms. The summed E-state index contributed by atoms with van der Waals surface area (Å²) in [5, 5.41) is 20.4. The number of halogens is 1. The summed E-state index contributed by atoms with van der Waals surface area (Å²) in [7, 11) is -4.00. The molecule has 0 radical (unpaired) electrons. The molecule has 0 aromatic heterocycles. The number of aliphatic hydroxyl groups is 1. The van der Waals surface area contributed by atoms with Crippen molar-refractivity contribution in [2.24, 2.45) is 0 Å². The molecule has 2 aromatic rings. The highest BCUT2D eigenvalue weighted by Gasteiger charge is 2.18. The number of hydrogen-bond donors (Lipinski definition) is 2. The number of aliphatic carboxylic acids is 1. The smallest absolute Gasteiger partial charge is 0.306 e. The van der Waals surface area contributed by atoms with Gasteiger partial charge in [0.2, 0.25) is 9.84 Å². The summed E-state index contributed by atoms with van der Waals surface area (Å²) in [5.74, 6) is 0.258. The molecule has 0 aliphatic heterocycles. The van der Waals surface area contributed by atoms with Gasteiger partial charge in [0, 0.05) is 10.8 Å². The molecule has 7 heteroatoms. The Bertz CT molecular complexity index is 1080. The number of benzene rings is 2. The summed E-state index contributed by atoms with van der Waals surface area (Å²) in [6.07, 6.45) is -2.21. The standard InChI is InChI=1S/C21H21FO5S/c1-13-8-14(2)18(6-7-28(26,27)12-17(23)11-21(24)25)19(9-13)16-4-5-20(22)15(3)10-16/h4-5,8-10,17,23H,11-12H2,1-3H3,(H,24,25)/t17-/m0/s1. The third kappa shape index (κ3) is 5.65. The van der Waals surface area contributed by atoms with Crippen LogP contribution in [0.1, 0.15) is 28.7 Å². The summed E-state index contributed by atoms with van der Waals surface area (Å²) in [6, 6.07) is 8.32. The van der Waals surface area contributed by atoms with Crippen molar-refractivity contribution in [3.05, 3.63) is 58.4 Å². The van der Waals surface area contributed by atoms with Gasteiger partial charge in [0.25, 0.3) is 0 Å². The molecular weight excluding hydrogens is 383 g/mol. The number of carbonyl (C=O) groups is 1. The van der Waals surface area contributed by atoms with Crippen LogP contribution in [0.2, 0.25) is 0 Å². The molecule has 2 aromatic carbocycles. The van der Waals surface area contributed by atoms with E-state index in [9.17, 15) is 22.7 Å². The maximum Gasteiger partial charge on any atom is 0.306 e. The van der Waals surface area contributed by atoms with E-state index in [0.717, 1.165) is 11.1 Å². The number of sulfone groups is 1. The Morgan fingerprint density at radius 1 is 1.14 bits per heavy atom. The molecule has 2 rings (SSSR count). The van der Waals surface area contributed by atoms with E-state index in [1.807, 2.05) is 19.1 Å². The van der Waals surface area contributed by atoms with Crippen LogP contribution in [0.5, 0.6) is 0 Å². The third-order valence-electron chi connectivity index (χ3n) is 4.10. The summed E-state index contributed by atoms with van der Waals surface area (Å²) < 4.78 is 37.9. The predicted octanol–water partition coefficient (Wildman–Crippen LogP) is 2.98. The lowest BCUT2D eigenvalue weighted by Gasteiger charge is -2.11. The fourth-order valence-electron chi connectivity index (χ4n) is 2.86.